The summed E-state index contributed by atoms with van der Waals surface area (Å²) in [5.74, 6) is 1.38. The second-order valence-electron chi connectivity index (χ2n) is 6.98. The first kappa shape index (κ1) is 20.3. The number of rotatable bonds is 2. The molecule has 0 spiro atoms. The maximum absolute atomic E-state index is 2.58. The zero-order valence-corrected chi connectivity index (χ0v) is 17.6. The fraction of sp³-hybridized carbons (Fsp3) is 0.579. The second-order valence-corrected chi connectivity index (χ2v) is 9.05. The van der Waals surface area contributed by atoms with E-state index >= 15 is 0 Å². The molecule has 3 aliphatic rings. The van der Waals surface area contributed by atoms with Gasteiger partial charge in [-0.15, -0.1) is 0 Å². The van der Waals surface area contributed by atoms with Crippen molar-refractivity contribution in [3.8, 4) is 0 Å². The predicted molar refractivity (Wildman–Crippen MR) is 82.9 cm³/mol. The van der Waals surface area contributed by atoms with Crippen molar-refractivity contribution in [2.24, 2.45) is 17.3 Å². The molecule has 0 aromatic rings. The molecule has 1 heterocycles. The minimum atomic E-state index is -0.0969. The monoisotopic (exact) mass is 372 g/mol. The Morgan fingerprint density at radius 1 is 0.864 bits per heavy atom. The van der Waals surface area contributed by atoms with Crippen molar-refractivity contribution in [3.63, 3.8) is 0 Å². The Kier molecular flexibility index (Phi) is 6.47. The Hall–Kier alpha value is 0.254. The molecule has 3 rings (SSSR count). The molecule has 120 valence electrons. The summed E-state index contributed by atoms with van der Waals surface area (Å²) in [4.78, 5) is 0. The fourth-order valence-corrected chi connectivity index (χ4v) is 7.18. The van der Waals surface area contributed by atoms with Gasteiger partial charge in [0.1, 0.15) is 0 Å². The fourth-order valence-electron chi connectivity index (χ4n) is 4.31. The van der Waals surface area contributed by atoms with E-state index in [2.05, 4.69) is 53.7 Å². The number of halogens is 2. The largest absolute Gasteiger partial charge is 1.00 e. The minimum Gasteiger partial charge on any atom is -1.00 e. The van der Waals surface area contributed by atoms with Crippen molar-refractivity contribution < 1.29 is 44.0 Å². The van der Waals surface area contributed by atoms with E-state index in [-0.39, 0.29) is 49.4 Å². The Labute approximate surface area is 157 Å². The van der Waals surface area contributed by atoms with Crippen LogP contribution < -0.4 is 24.8 Å². The van der Waals surface area contributed by atoms with Crippen LogP contribution in [0.3, 0.4) is 0 Å². The van der Waals surface area contributed by atoms with Crippen LogP contribution in [0.25, 0.3) is 0 Å². The number of hydrogen-bond donors (Lipinski definition) is 0. The van der Waals surface area contributed by atoms with E-state index in [1.165, 1.54) is 12.8 Å². The molecular formula is C19H26Cl2Ti. The van der Waals surface area contributed by atoms with Gasteiger partial charge >= 0.3 is 133 Å². The topological polar surface area (TPSA) is 0 Å². The third-order valence-electron chi connectivity index (χ3n) is 5.37. The van der Waals surface area contributed by atoms with Gasteiger partial charge in [0.05, 0.1) is 0 Å². The summed E-state index contributed by atoms with van der Waals surface area (Å²) in [7, 11) is 0. The molecule has 1 aliphatic heterocycles. The van der Waals surface area contributed by atoms with Crippen molar-refractivity contribution in [2.75, 3.05) is 0 Å². The molecule has 3 heteroatoms. The zero-order valence-electron chi connectivity index (χ0n) is 14.5. The first-order valence-corrected chi connectivity index (χ1v) is 9.66. The van der Waals surface area contributed by atoms with Crippen LogP contribution in [0.15, 0.2) is 42.2 Å². The molecule has 22 heavy (non-hydrogen) atoms. The Morgan fingerprint density at radius 2 is 1.23 bits per heavy atom. The zero-order chi connectivity index (χ0) is 14.7. The van der Waals surface area contributed by atoms with Crippen molar-refractivity contribution in [1.82, 2.24) is 0 Å². The molecule has 0 aromatic heterocycles. The summed E-state index contributed by atoms with van der Waals surface area (Å²) in [5, 5.41) is 0. The third kappa shape index (κ3) is 2.75. The standard InChI is InChI=1S/C19H26.2ClH.Ti/c1-7-15-9-13(3)11-17(15)19(5,6)18-12-14(4)10-16(18)8-2;;;/h11-14H,7-8H2,1-6H3;2*1H;/q;;;+2/p-2. The van der Waals surface area contributed by atoms with Gasteiger partial charge in [0.25, 0.3) is 0 Å². The smallest absolute Gasteiger partial charge is 1.00 e. The number of hydrogen-bond acceptors (Lipinski definition) is 0. The van der Waals surface area contributed by atoms with Crippen LogP contribution in [0.5, 0.6) is 0 Å². The van der Waals surface area contributed by atoms with E-state index in [9.17, 15) is 0 Å². The first-order valence-electron chi connectivity index (χ1n) is 8.10. The van der Waals surface area contributed by atoms with E-state index in [1.54, 1.807) is 22.3 Å². The molecule has 0 radical (unpaired) electrons. The molecule has 4 bridgehead atoms. The molecule has 2 atom stereocenters. The average molecular weight is 373 g/mol. The molecule has 0 fully saturated rings. The number of fused-ring (bicyclic) bond motifs is 2. The van der Waals surface area contributed by atoms with Crippen LogP contribution >= 0.6 is 0 Å². The van der Waals surface area contributed by atoms with Gasteiger partial charge in [-0.1, -0.05) is 0 Å². The second kappa shape index (κ2) is 7.02. The minimum absolute atomic E-state index is 0. The summed E-state index contributed by atoms with van der Waals surface area (Å²) in [6.45, 7) is 14.4. The van der Waals surface area contributed by atoms with E-state index in [0.29, 0.717) is 11.8 Å². The third-order valence-corrected chi connectivity index (χ3v) is 8.57. The summed E-state index contributed by atoms with van der Waals surface area (Å²) in [5.41, 5.74) is 6.94. The molecule has 2 aliphatic carbocycles. The van der Waals surface area contributed by atoms with Crippen LogP contribution in [-0.4, -0.2) is 0 Å². The van der Waals surface area contributed by atoms with Crippen LogP contribution in [0.2, 0.25) is 0 Å². The van der Waals surface area contributed by atoms with Crippen molar-refractivity contribution in [2.45, 2.75) is 54.4 Å². The van der Waals surface area contributed by atoms with Crippen molar-refractivity contribution >= 4 is 0 Å². The molecule has 0 aromatic carbocycles. The van der Waals surface area contributed by atoms with Gasteiger partial charge in [0, 0.05) is 0 Å². The predicted octanol–water partition coefficient (Wildman–Crippen LogP) is -0.403. The summed E-state index contributed by atoms with van der Waals surface area (Å²) < 4.78 is 3.66. The van der Waals surface area contributed by atoms with Gasteiger partial charge in [0.15, 0.2) is 0 Å². The van der Waals surface area contributed by atoms with Gasteiger partial charge in [-0.05, 0) is 0 Å². The number of allylic oxidation sites excluding steroid dienone is 8. The maximum atomic E-state index is 2.58. The Bertz CT molecular complexity index is 541. The molecule has 0 saturated heterocycles. The first-order chi connectivity index (χ1) is 9.41. The van der Waals surface area contributed by atoms with Crippen LogP contribution in [0.4, 0.5) is 0 Å². The van der Waals surface area contributed by atoms with Gasteiger partial charge in [0.2, 0.25) is 0 Å². The average Bonchev–Trinajstić information content (AvgIpc) is 2.90. The van der Waals surface area contributed by atoms with Gasteiger partial charge in [-0.3, -0.25) is 0 Å². The maximum Gasteiger partial charge on any atom is -1.00 e. The Balaban J connectivity index is 0.00000121. The van der Waals surface area contributed by atoms with Crippen molar-refractivity contribution in [3.05, 3.63) is 42.2 Å². The van der Waals surface area contributed by atoms with Gasteiger partial charge < -0.3 is 24.8 Å². The van der Waals surface area contributed by atoms with Gasteiger partial charge in [-0.2, -0.15) is 0 Å². The van der Waals surface area contributed by atoms with Gasteiger partial charge in [-0.25, -0.2) is 0 Å². The van der Waals surface area contributed by atoms with Crippen molar-refractivity contribution in [1.29, 1.82) is 0 Å². The Morgan fingerprint density at radius 3 is 1.55 bits per heavy atom. The summed E-state index contributed by atoms with van der Waals surface area (Å²) in [6, 6.07) is 0. The van der Waals surface area contributed by atoms with Crippen LogP contribution in [-0.2, 0) is 19.2 Å². The molecule has 0 N–H and O–H groups in total. The van der Waals surface area contributed by atoms with Crippen LogP contribution in [0.1, 0.15) is 54.4 Å². The molecule has 0 amide bonds. The molecule has 0 nitrogen and oxygen atoms in total. The molecular weight excluding hydrogens is 347 g/mol. The summed E-state index contributed by atoms with van der Waals surface area (Å²) in [6.07, 6.45) is 7.60. The normalized spacial score (nSPS) is 27.7. The quantitative estimate of drug-likeness (QED) is 0.578. The van der Waals surface area contributed by atoms with Crippen LogP contribution in [0, 0.1) is 17.3 Å². The molecule has 2 unspecified atom stereocenters. The summed E-state index contributed by atoms with van der Waals surface area (Å²) >= 11 is -0.0969. The van der Waals surface area contributed by atoms with E-state index in [0.717, 1.165) is 0 Å². The van der Waals surface area contributed by atoms with E-state index < -0.39 is 0 Å². The SMILES string of the molecule is CCC1=[C]2[Ti+2][C]3=C(CC)C(=CC3C)C(C)(C)C1=CC2C.[Cl-].[Cl-]. The van der Waals surface area contributed by atoms with E-state index in [1.807, 2.05) is 7.76 Å². The van der Waals surface area contributed by atoms with E-state index in [4.69, 9.17) is 0 Å². The molecule has 0 saturated carbocycles.